The number of aromatic nitrogens is 4. The summed E-state index contributed by atoms with van der Waals surface area (Å²) in [6.45, 7) is 0.973. The average Bonchev–Trinajstić information content (AvgIpc) is 3.45. The molecule has 1 aliphatic heterocycles. The minimum atomic E-state index is -0.448. The number of amides is 1. The molecule has 1 fully saturated rings. The fraction of sp³-hybridized carbons (Fsp3) is 0.296. The maximum atomic E-state index is 12.9. The first kappa shape index (κ1) is 25.7. The third-order valence-electron chi connectivity index (χ3n) is 5.87. The Kier molecular flexibility index (Phi) is 8.49. The molecule has 196 valence electrons. The van der Waals surface area contributed by atoms with Crippen LogP contribution in [-0.4, -0.2) is 52.7 Å². The van der Waals surface area contributed by atoms with E-state index in [0.29, 0.717) is 22.5 Å². The second-order valence-corrected chi connectivity index (χ2v) is 9.46. The van der Waals surface area contributed by atoms with Crippen molar-refractivity contribution in [3.8, 4) is 22.2 Å². The van der Waals surface area contributed by atoms with Crippen LogP contribution >= 0.6 is 11.3 Å². The molecule has 0 aliphatic carbocycles. The van der Waals surface area contributed by atoms with Crippen LogP contribution in [0.4, 0.5) is 5.13 Å². The van der Waals surface area contributed by atoms with Crippen LogP contribution in [0.3, 0.4) is 0 Å². The lowest BCUT2D eigenvalue weighted by atomic mass is 10.1. The molecule has 1 saturated heterocycles. The highest BCUT2D eigenvalue weighted by Crippen LogP contribution is 2.31. The molecule has 2 atom stereocenters. The molecular weight excluding hydrogens is 506 g/mol. The average molecular weight is 534 g/mol. The van der Waals surface area contributed by atoms with Crippen molar-refractivity contribution in [2.24, 2.45) is 0 Å². The summed E-state index contributed by atoms with van der Waals surface area (Å²) in [5.41, 5.74) is 2.09. The van der Waals surface area contributed by atoms with Crippen LogP contribution in [0.15, 0.2) is 67.1 Å². The number of ether oxygens (including phenoxy) is 4. The Hall–Kier alpha value is -3.93. The molecule has 1 N–H and O–H groups in total. The molecule has 4 heterocycles. The molecule has 3 aromatic heterocycles. The summed E-state index contributed by atoms with van der Waals surface area (Å²) in [6.07, 6.45) is 7.06. The molecule has 4 aromatic rings. The number of hydrogen-bond donors (Lipinski definition) is 1. The number of carbonyl (C=O) groups is 1. The molecule has 1 aliphatic rings. The Labute approximate surface area is 224 Å². The molecule has 1 amide bonds. The maximum Gasteiger partial charge on any atom is 0.259 e. The summed E-state index contributed by atoms with van der Waals surface area (Å²) in [6, 6.07) is 15.0. The van der Waals surface area contributed by atoms with Crippen molar-refractivity contribution in [2.75, 3.05) is 25.6 Å². The molecule has 0 bridgehead atoms. The summed E-state index contributed by atoms with van der Waals surface area (Å²) in [4.78, 5) is 21.3. The number of anilines is 1. The van der Waals surface area contributed by atoms with Gasteiger partial charge in [-0.1, -0.05) is 41.7 Å². The molecule has 1 aromatic carbocycles. The Morgan fingerprint density at radius 3 is 2.76 bits per heavy atom. The minimum Gasteiger partial charge on any atom is -0.491 e. The minimum absolute atomic E-state index is 0.251. The molecule has 0 spiro atoms. The van der Waals surface area contributed by atoms with E-state index in [9.17, 15) is 4.79 Å². The summed E-state index contributed by atoms with van der Waals surface area (Å²) < 4.78 is 23.5. The number of benzene rings is 1. The molecule has 11 heteroatoms. The Balaban J connectivity index is 1.28. The number of nitrogens with one attached hydrogen (secondary N) is 1. The van der Waals surface area contributed by atoms with E-state index in [2.05, 4.69) is 25.5 Å². The van der Waals surface area contributed by atoms with Crippen molar-refractivity contribution in [3.05, 3.63) is 78.2 Å². The van der Waals surface area contributed by atoms with E-state index in [0.717, 1.165) is 30.4 Å². The number of carbonyl (C=O) groups excluding carboxylic acids is 1. The normalized spacial score (nSPS) is 16.0. The molecular formula is C27H27N5O5S. The molecule has 5 rings (SSSR count). The van der Waals surface area contributed by atoms with Gasteiger partial charge in [0.25, 0.3) is 11.8 Å². The first-order chi connectivity index (χ1) is 18.7. The van der Waals surface area contributed by atoms with Crippen LogP contribution in [0.2, 0.25) is 0 Å². The predicted molar refractivity (Wildman–Crippen MR) is 141 cm³/mol. The van der Waals surface area contributed by atoms with Gasteiger partial charge in [-0.3, -0.25) is 15.1 Å². The van der Waals surface area contributed by atoms with Gasteiger partial charge in [0.2, 0.25) is 5.13 Å². The summed E-state index contributed by atoms with van der Waals surface area (Å²) in [5.74, 6) is 0.182. The Morgan fingerprint density at radius 1 is 1.16 bits per heavy atom. The third kappa shape index (κ3) is 6.49. The number of rotatable bonds is 10. The van der Waals surface area contributed by atoms with Gasteiger partial charge >= 0.3 is 0 Å². The quantitative estimate of drug-likeness (QED) is 0.303. The van der Waals surface area contributed by atoms with Gasteiger partial charge in [0.1, 0.15) is 11.1 Å². The summed E-state index contributed by atoms with van der Waals surface area (Å²) in [7, 11) is 1.50. The molecule has 1 unspecified atom stereocenters. The van der Waals surface area contributed by atoms with Crippen molar-refractivity contribution in [1.29, 1.82) is 0 Å². The van der Waals surface area contributed by atoms with Gasteiger partial charge in [0.05, 0.1) is 19.3 Å². The maximum absolute atomic E-state index is 12.9. The molecule has 0 saturated carbocycles. The highest BCUT2D eigenvalue weighted by Gasteiger charge is 2.22. The van der Waals surface area contributed by atoms with Crippen molar-refractivity contribution >= 4 is 22.4 Å². The SMILES string of the molecule is COc1cc(C(=O)Nc2nnc(-c3ccncc3)s2)cnc1O[C@@H](COC1CCCCO1)c1ccccc1. The van der Waals surface area contributed by atoms with E-state index in [1.54, 1.807) is 18.5 Å². The monoisotopic (exact) mass is 533 g/mol. The van der Waals surface area contributed by atoms with Crippen molar-refractivity contribution in [2.45, 2.75) is 31.7 Å². The highest BCUT2D eigenvalue weighted by molar-refractivity contribution is 7.18. The Morgan fingerprint density at radius 2 is 2.00 bits per heavy atom. The van der Waals surface area contributed by atoms with Crippen molar-refractivity contribution in [3.63, 3.8) is 0 Å². The van der Waals surface area contributed by atoms with Gasteiger partial charge in [0.15, 0.2) is 12.0 Å². The fourth-order valence-corrected chi connectivity index (χ4v) is 4.63. The smallest absolute Gasteiger partial charge is 0.259 e. The van der Waals surface area contributed by atoms with E-state index in [1.165, 1.54) is 24.6 Å². The van der Waals surface area contributed by atoms with Crippen LogP contribution in [0.25, 0.3) is 10.6 Å². The predicted octanol–water partition coefficient (Wildman–Crippen LogP) is 4.92. The number of pyridine rings is 2. The molecule has 10 nitrogen and oxygen atoms in total. The van der Waals surface area contributed by atoms with E-state index in [4.69, 9.17) is 18.9 Å². The van der Waals surface area contributed by atoms with Crippen LogP contribution in [-0.2, 0) is 9.47 Å². The third-order valence-corrected chi connectivity index (χ3v) is 6.76. The first-order valence-corrected chi connectivity index (χ1v) is 13.1. The van der Waals surface area contributed by atoms with Gasteiger partial charge in [-0.15, -0.1) is 10.2 Å². The van der Waals surface area contributed by atoms with Crippen LogP contribution in [0.1, 0.15) is 41.3 Å². The standard InChI is InChI=1S/C27H27N5O5S/c1-34-21-15-20(24(33)30-27-32-31-26(38-27)19-10-12-28-13-11-19)16-29-25(21)37-22(18-7-3-2-4-8-18)17-36-23-9-5-6-14-35-23/h2-4,7-8,10-13,15-16,22-23H,5-6,9,14,17H2,1H3,(H,30,32,33)/t22-,23?/m0/s1. The number of methoxy groups -OCH3 is 1. The van der Waals surface area contributed by atoms with Gasteiger partial charge in [-0.05, 0) is 37.0 Å². The Bertz CT molecular complexity index is 1330. The van der Waals surface area contributed by atoms with Gasteiger partial charge in [-0.2, -0.15) is 0 Å². The van der Waals surface area contributed by atoms with Crippen molar-refractivity contribution in [1.82, 2.24) is 20.2 Å². The molecule has 38 heavy (non-hydrogen) atoms. The molecule has 0 radical (unpaired) electrons. The van der Waals surface area contributed by atoms with E-state index >= 15 is 0 Å². The lowest BCUT2D eigenvalue weighted by molar-refractivity contribution is -0.173. The second-order valence-electron chi connectivity index (χ2n) is 8.48. The lowest BCUT2D eigenvalue weighted by Crippen LogP contribution is -2.26. The van der Waals surface area contributed by atoms with E-state index in [-0.39, 0.29) is 24.3 Å². The second kappa shape index (κ2) is 12.5. The van der Waals surface area contributed by atoms with Gasteiger partial charge < -0.3 is 18.9 Å². The van der Waals surface area contributed by atoms with Crippen LogP contribution < -0.4 is 14.8 Å². The van der Waals surface area contributed by atoms with E-state index in [1.807, 2.05) is 42.5 Å². The topological polar surface area (TPSA) is 118 Å². The fourth-order valence-electron chi connectivity index (χ4n) is 3.88. The summed E-state index contributed by atoms with van der Waals surface area (Å²) in [5, 5.41) is 12.0. The van der Waals surface area contributed by atoms with Gasteiger partial charge in [0, 0.05) is 36.8 Å². The van der Waals surface area contributed by atoms with Crippen LogP contribution in [0.5, 0.6) is 11.6 Å². The van der Waals surface area contributed by atoms with Crippen LogP contribution in [0, 0.1) is 0 Å². The largest absolute Gasteiger partial charge is 0.491 e. The van der Waals surface area contributed by atoms with E-state index < -0.39 is 12.0 Å². The lowest BCUT2D eigenvalue weighted by Gasteiger charge is -2.26. The highest BCUT2D eigenvalue weighted by atomic mass is 32.1. The van der Waals surface area contributed by atoms with Crippen molar-refractivity contribution < 1.29 is 23.7 Å². The van der Waals surface area contributed by atoms with Gasteiger partial charge in [-0.25, -0.2) is 4.98 Å². The number of hydrogen-bond acceptors (Lipinski definition) is 10. The zero-order valence-corrected chi connectivity index (χ0v) is 21.6. The zero-order chi connectivity index (χ0) is 26.2. The number of nitrogens with zero attached hydrogens (tertiary/aromatic N) is 4. The summed E-state index contributed by atoms with van der Waals surface area (Å²) >= 11 is 1.26. The zero-order valence-electron chi connectivity index (χ0n) is 20.8. The first-order valence-electron chi connectivity index (χ1n) is 12.2.